The molecule has 0 amide bonds. The fraction of sp³-hybridized carbons (Fsp3) is 0.0909. The first-order chi connectivity index (χ1) is 7.59. The van der Waals surface area contributed by atoms with E-state index in [4.69, 9.17) is 5.73 Å². The molecule has 2 rings (SSSR count). The van der Waals surface area contributed by atoms with Crippen molar-refractivity contribution in [3.63, 3.8) is 0 Å². The van der Waals surface area contributed by atoms with E-state index in [1.165, 1.54) is 0 Å². The van der Waals surface area contributed by atoms with Crippen molar-refractivity contribution in [3.8, 4) is 11.3 Å². The van der Waals surface area contributed by atoms with Crippen LogP contribution in [0.2, 0.25) is 0 Å². The Bertz CT molecular complexity index is 543. The average Bonchev–Trinajstić information content (AvgIpc) is 2.26. The number of hydrogen-bond donors (Lipinski definition) is 1. The fourth-order valence-corrected chi connectivity index (χ4v) is 1.78. The number of nitrogens with zero attached hydrogens (tertiary/aromatic N) is 2. The molecule has 1 heterocycles. The maximum Gasteiger partial charge on any atom is 0.220 e. The highest BCUT2D eigenvalue weighted by molar-refractivity contribution is 9.10. The zero-order valence-electron chi connectivity index (χ0n) is 8.54. The van der Waals surface area contributed by atoms with E-state index in [9.17, 15) is 4.39 Å². The van der Waals surface area contributed by atoms with Crippen molar-refractivity contribution in [2.24, 2.45) is 0 Å². The van der Waals surface area contributed by atoms with Crippen LogP contribution >= 0.6 is 15.9 Å². The normalized spacial score (nSPS) is 10.4. The van der Waals surface area contributed by atoms with E-state index < -0.39 is 0 Å². The number of halogens is 2. The second kappa shape index (κ2) is 4.17. The van der Waals surface area contributed by atoms with Crippen LogP contribution in [0, 0.1) is 12.7 Å². The molecule has 0 unspecified atom stereocenters. The van der Waals surface area contributed by atoms with Gasteiger partial charge in [-0.05, 0) is 40.5 Å². The molecular weight excluding hydrogens is 273 g/mol. The Kier molecular flexibility index (Phi) is 2.87. The monoisotopic (exact) mass is 281 g/mol. The zero-order chi connectivity index (χ0) is 11.7. The zero-order valence-corrected chi connectivity index (χ0v) is 10.1. The Balaban J connectivity index is 2.67. The molecule has 3 nitrogen and oxygen atoms in total. The highest BCUT2D eigenvalue weighted by atomic mass is 79.9. The predicted molar refractivity (Wildman–Crippen MR) is 64.3 cm³/mol. The number of aryl methyl sites for hydroxylation is 1. The van der Waals surface area contributed by atoms with Crippen LogP contribution in [0.1, 0.15) is 5.56 Å². The minimum Gasteiger partial charge on any atom is -0.368 e. The summed E-state index contributed by atoms with van der Waals surface area (Å²) in [5.74, 6) is -0.205. The van der Waals surface area contributed by atoms with Crippen molar-refractivity contribution in [1.82, 2.24) is 9.97 Å². The van der Waals surface area contributed by atoms with E-state index in [1.54, 1.807) is 24.4 Å². The molecule has 16 heavy (non-hydrogen) atoms. The minimum absolute atomic E-state index is 0.139. The number of benzene rings is 1. The third-order valence-electron chi connectivity index (χ3n) is 2.20. The van der Waals surface area contributed by atoms with Gasteiger partial charge in [0.05, 0.1) is 10.2 Å². The fourth-order valence-electron chi connectivity index (χ4n) is 1.42. The van der Waals surface area contributed by atoms with Gasteiger partial charge in [-0.15, -0.1) is 0 Å². The smallest absolute Gasteiger partial charge is 0.220 e. The largest absolute Gasteiger partial charge is 0.368 e. The quantitative estimate of drug-likeness (QED) is 0.874. The summed E-state index contributed by atoms with van der Waals surface area (Å²) in [6, 6.07) is 5.05. The van der Waals surface area contributed by atoms with Crippen LogP contribution in [-0.4, -0.2) is 9.97 Å². The Morgan fingerprint density at radius 1 is 1.38 bits per heavy atom. The third kappa shape index (κ3) is 1.90. The lowest BCUT2D eigenvalue weighted by atomic mass is 10.1. The van der Waals surface area contributed by atoms with Gasteiger partial charge >= 0.3 is 0 Å². The van der Waals surface area contributed by atoms with Crippen LogP contribution in [0.25, 0.3) is 11.3 Å². The van der Waals surface area contributed by atoms with Crippen LogP contribution in [0.4, 0.5) is 10.3 Å². The lowest BCUT2D eigenvalue weighted by Gasteiger charge is -2.07. The van der Waals surface area contributed by atoms with Gasteiger partial charge in [-0.2, -0.15) is 0 Å². The molecule has 2 aromatic rings. The molecule has 0 atom stereocenters. The van der Waals surface area contributed by atoms with Gasteiger partial charge < -0.3 is 5.73 Å². The lowest BCUT2D eigenvalue weighted by Crippen LogP contribution is -1.99. The van der Waals surface area contributed by atoms with Gasteiger partial charge in [0.15, 0.2) is 0 Å². The third-order valence-corrected chi connectivity index (χ3v) is 2.81. The summed E-state index contributed by atoms with van der Waals surface area (Å²) in [6.45, 7) is 1.81. The molecule has 82 valence electrons. The van der Waals surface area contributed by atoms with E-state index >= 15 is 0 Å². The Labute approximate surface area is 101 Å². The molecular formula is C11H9BrFN3. The summed E-state index contributed by atoms with van der Waals surface area (Å²) in [7, 11) is 0. The number of rotatable bonds is 1. The highest BCUT2D eigenvalue weighted by Crippen LogP contribution is 2.28. The van der Waals surface area contributed by atoms with Crippen molar-refractivity contribution in [3.05, 3.63) is 40.2 Å². The van der Waals surface area contributed by atoms with Crippen molar-refractivity contribution in [2.45, 2.75) is 6.92 Å². The van der Waals surface area contributed by atoms with Crippen LogP contribution in [0.3, 0.4) is 0 Å². The van der Waals surface area contributed by atoms with Crippen LogP contribution in [-0.2, 0) is 0 Å². The molecule has 0 spiro atoms. The topological polar surface area (TPSA) is 51.8 Å². The molecule has 0 aliphatic heterocycles. The van der Waals surface area contributed by atoms with Gasteiger partial charge in [0, 0.05) is 11.8 Å². The molecule has 0 radical (unpaired) electrons. The van der Waals surface area contributed by atoms with Crippen molar-refractivity contribution >= 4 is 21.9 Å². The van der Waals surface area contributed by atoms with Gasteiger partial charge in [-0.3, -0.25) is 0 Å². The first-order valence-corrected chi connectivity index (χ1v) is 5.42. The van der Waals surface area contributed by atoms with Gasteiger partial charge in [-0.25, -0.2) is 14.4 Å². The van der Waals surface area contributed by atoms with Crippen LogP contribution in [0.15, 0.2) is 28.9 Å². The Morgan fingerprint density at radius 2 is 2.12 bits per heavy atom. The van der Waals surface area contributed by atoms with Gasteiger partial charge in [0.2, 0.25) is 5.95 Å². The van der Waals surface area contributed by atoms with Crippen molar-refractivity contribution in [2.75, 3.05) is 5.73 Å². The summed E-state index contributed by atoms with van der Waals surface area (Å²) in [4.78, 5) is 7.90. The second-order valence-corrected chi connectivity index (χ2v) is 4.22. The van der Waals surface area contributed by atoms with E-state index in [-0.39, 0.29) is 11.8 Å². The number of anilines is 1. The van der Waals surface area contributed by atoms with E-state index in [0.29, 0.717) is 15.7 Å². The molecule has 1 aromatic heterocycles. The lowest BCUT2D eigenvalue weighted by molar-refractivity contribution is 0.624. The minimum atomic E-state index is -0.344. The number of hydrogen-bond acceptors (Lipinski definition) is 3. The second-order valence-electron chi connectivity index (χ2n) is 3.36. The molecule has 0 saturated carbocycles. The molecule has 1 aromatic carbocycles. The molecule has 0 aliphatic carbocycles. The van der Waals surface area contributed by atoms with Gasteiger partial charge in [-0.1, -0.05) is 6.07 Å². The standard InChI is InChI=1S/C11H9BrFN3/c1-6-5-15-11(14)16-10(6)7-3-2-4-8(12)9(7)13/h2-5H,1H3,(H2,14,15,16). The molecule has 2 N–H and O–H groups in total. The molecule has 0 aliphatic rings. The SMILES string of the molecule is Cc1cnc(N)nc1-c1cccc(Br)c1F. The predicted octanol–water partition coefficient (Wildman–Crippen LogP) is 2.94. The average molecular weight is 282 g/mol. The Morgan fingerprint density at radius 3 is 2.88 bits per heavy atom. The summed E-state index contributed by atoms with van der Waals surface area (Å²) in [5, 5.41) is 0. The van der Waals surface area contributed by atoms with E-state index in [0.717, 1.165) is 5.56 Å². The number of nitrogen functional groups attached to an aromatic ring is 1. The first kappa shape index (κ1) is 11.0. The Hall–Kier alpha value is -1.49. The molecule has 0 saturated heterocycles. The number of aromatic nitrogens is 2. The summed E-state index contributed by atoms with van der Waals surface area (Å²) >= 11 is 3.14. The summed E-state index contributed by atoms with van der Waals surface area (Å²) in [6.07, 6.45) is 1.58. The maximum absolute atomic E-state index is 13.9. The molecule has 0 fully saturated rings. The van der Waals surface area contributed by atoms with Crippen molar-refractivity contribution < 1.29 is 4.39 Å². The first-order valence-electron chi connectivity index (χ1n) is 4.63. The highest BCUT2D eigenvalue weighted by Gasteiger charge is 2.12. The number of nitrogens with two attached hydrogens (primary N) is 1. The van der Waals surface area contributed by atoms with E-state index in [2.05, 4.69) is 25.9 Å². The van der Waals surface area contributed by atoms with Crippen LogP contribution in [0.5, 0.6) is 0 Å². The molecule has 0 bridgehead atoms. The van der Waals surface area contributed by atoms with Crippen LogP contribution < -0.4 is 5.73 Å². The maximum atomic E-state index is 13.9. The van der Waals surface area contributed by atoms with Crippen molar-refractivity contribution in [1.29, 1.82) is 0 Å². The van der Waals surface area contributed by atoms with E-state index in [1.807, 2.05) is 6.92 Å². The molecule has 5 heteroatoms. The van der Waals surface area contributed by atoms with Gasteiger partial charge in [0.25, 0.3) is 0 Å². The summed E-state index contributed by atoms with van der Waals surface area (Å²) in [5.41, 5.74) is 7.22. The van der Waals surface area contributed by atoms with Gasteiger partial charge in [0.1, 0.15) is 5.82 Å². The summed E-state index contributed by atoms with van der Waals surface area (Å²) < 4.78 is 14.3.